The van der Waals surface area contributed by atoms with E-state index >= 15 is 0 Å². The van der Waals surface area contributed by atoms with Gasteiger partial charge in [0, 0.05) is 5.69 Å². The molecule has 0 saturated carbocycles. The van der Waals surface area contributed by atoms with Gasteiger partial charge in [0.25, 0.3) is 5.56 Å². The lowest BCUT2D eigenvalue weighted by Gasteiger charge is -2.29. The fourth-order valence-corrected chi connectivity index (χ4v) is 3.18. The number of aliphatic hydroxyl groups excluding tert-OH is 1. The molecule has 0 radical (unpaired) electrons. The van der Waals surface area contributed by atoms with Gasteiger partial charge in [-0.05, 0) is 24.5 Å². The molecule has 0 saturated heterocycles. The van der Waals surface area contributed by atoms with Gasteiger partial charge in [-0.15, -0.1) is 0 Å². The average Bonchev–Trinajstić information content (AvgIpc) is 2.72. The maximum atomic E-state index is 12.9. The summed E-state index contributed by atoms with van der Waals surface area (Å²) in [6.45, 7) is 3.47. The molecular weight excluding hydrogens is 443 g/mol. The van der Waals surface area contributed by atoms with E-state index < -0.39 is 53.8 Å². The van der Waals surface area contributed by atoms with Crippen LogP contribution in [0.1, 0.15) is 35.5 Å². The fourth-order valence-electron chi connectivity index (χ4n) is 3.18. The Morgan fingerprint density at radius 3 is 2.36 bits per heavy atom. The van der Waals surface area contributed by atoms with Crippen molar-refractivity contribution in [1.29, 1.82) is 0 Å². The maximum Gasteiger partial charge on any atom is 0.416 e. The number of hydrogen-bond acceptors (Lipinski definition) is 6. The normalized spacial score (nSPS) is 13.5. The van der Waals surface area contributed by atoms with Crippen molar-refractivity contribution >= 4 is 17.6 Å². The van der Waals surface area contributed by atoms with Crippen molar-refractivity contribution in [1.82, 2.24) is 9.88 Å². The Morgan fingerprint density at radius 2 is 1.82 bits per heavy atom. The summed E-state index contributed by atoms with van der Waals surface area (Å²) in [5.41, 5.74) is 5.16. The first-order chi connectivity index (χ1) is 15.3. The number of aromatic nitrogens is 1. The van der Waals surface area contributed by atoms with Gasteiger partial charge in [0.05, 0.1) is 11.7 Å². The summed E-state index contributed by atoms with van der Waals surface area (Å²) in [4.78, 5) is 37.8. The van der Waals surface area contributed by atoms with Crippen molar-refractivity contribution in [2.45, 2.75) is 52.2 Å². The molecule has 11 heteroatoms. The lowest BCUT2D eigenvalue weighted by Crippen LogP contribution is -2.53. The SMILES string of the molecule is Cc1cc(N)c(C(=O)OCc2ccccc2)c(=O)n1CC(=O)NC(C(C)C)C(O)C(F)(F)F. The molecule has 2 rings (SSSR count). The number of rotatable bonds is 8. The third-order valence-electron chi connectivity index (χ3n) is 4.98. The molecule has 1 aromatic heterocycles. The van der Waals surface area contributed by atoms with Crippen LogP contribution < -0.4 is 16.6 Å². The van der Waals surface area contributed by atoms with Crippen LogP contribution in [0.2, 0.25) is 0 Å². The summed E-state index contributed by atoms with van der Waals surface area (Å²) >= 11 is 0. The van der Waals surface area contributed by atoms with Gasteiger partial charge >= 0.3 is 12.1 Å². The van der Waals surface area contributed by atoms with E-state index in [0.717, 1.165) is 4.57 Å². The summed E-state index contributed by atoms with van der Waals surface area (Å²) in [5, 5.41) is 11.7. The first-order valence-electron chi connectivity index (χ1n) is 10.1. The minimum atomic E-state index is -4.94. The Bertz CT molecular complexity index is 1050. The molecule has 4 N–H and O–H groups in total. The van der Waals surface area contributed by atoms with E-state index in [0.29, 0.717) is 5.56 Å². The Morgan fingerprint density at radius 1 is 1.21 bits per heavy atom. The molecule has 0 fully saturated rings. The Hall–Kier alpha value is -3.34. The second-order valence-electron chi connectivity index (χ2n) is 7.89. The van der Waals surface area contributed by atoms with Crippen molar-refractivity contribution in [2.75, 3.05) is 5.73 Å². The Labute approximate surface area is 188 Å². The Balaban J connectivity index is 2.24. The number of carbonyl (C=O) groups is 2. The molecule has 8 nitrogen and oxygen atoms in total. The third-order valence-corrected chi connectivity index (χ3v) is 4.98. The first kappa shape index (κ1) is 25.9. The molecule has 1 amide bonds. The zero-order valence-electron chi connectivity index (χ0n) is 18.3. The van der Waals surface area contributed by atoms with Gasteiger partial charge in [0.1, 0.15) is 18.7 Å². The zero-order chi connectivity index (χ0) is 24.9. The number of amides is 1. The highest BCUT2D eigenvalue weighted by Gasteiger charge is 2.45. The number of nitrogens with zero attached hydrogens (tertiary/aromatic N) is 1. The maximum absolute atomic E-state index is 12.9. The molecule has 1 heterocycles. The standard InChI is InChI=1S/C22H26F3N3O5/c1-12(2)18(19(30)22(23,24)25)27-16(29)10-28-13(3)9-15(26)17(20(28)31)21(32)33-11-14-7-5-4-6-8-14/h4-9,12,18-19,30H,10-11,26H2,1-3H3,(H,27,29). The molecule has 33 heavy (non-hydrogen) atoms. The third kappa shape index (κ3) is 6.58. The second kappa shape index (κ2) is 10.5. The van der Waals surface area contributed by atoms with Gasteiger partial charge in [-0.1, -0.05) is 44.2 Å². The van der Waals surface area contributed by atoms with Crippen molar-refractivity contribution in [3.8, 4) is 0 Å². The summed E-state index contributed by atoms with van der Waals surface area (Å²) in [7, 11) is 0. The zero-order valence-corrected chi connectivity index (χ0v) is 18.3. The van der Waals surface area contributed by atoms with Crippen LogP contribution in [-0.2, 0) is 22.7 Å². The highest BCUT2D eigenvalue weighted by molar-refractivity contribution is 5.94. The predicted molar refractivity (Wildman–Crippen MR) is 114 cm³/mol. The molecule has 2 aromatic rings. The van der Waals surface area contributed by atoms with E-state index in [2.05, 4.69) is 5.32 Å². The lowest BCUT2D eigenvalue weighted by molar-refractivity contribution is -0.215. The molecule has 2 unspecified atom stereocenters. The molecule has 0 aliphatic carbocycles. The van der Waals surface area contributed by atoms with Crippen LogP contribution in [0.25, 0.3) is 0 Å². The summed E-state index contributed by atoms with van der Waals surface area (Å²) < 4.78 is 44.8. The number of nitrogens with one attached hydrogen (secondary N) is 1. The van der Waals surface area contributed by atoms with Crippen LogP contribution >= 0.6 is 0 Å². The largest absolute Gasteiger partial charge is 0.457 e. The highest BCUT2D eigenvalue weighted by Crippen LogP contribution is 2.25. The number of nitrogens with two attached hydrogens (primary N) is 1. The summed E-state index contributed by atoms with van der Waals surface area (Å²) in [6, 6.07) is 8.37. The quantitative estimate of drug-likeness (QED) is 0.509. The van der Waals surface area contributed by atoms with E-state index in [-0.39, 0.29) is 18.0 Å². The van der Waals surface area contributed by atoms with Crippen molar-refractivity contribution in [2.24, 2.45) is 5.92 Å². The van der Waals surface area contributed by atoms with Crippen LogP contribution in [0.4, 0.5) is 18.9 Å². The smallest absolute Gasteiger partial charge is 0.416 e. The fraction of sp³-hybridized carbons (Fsp3) is 0.409. The number of esters is 1. The van der Waals surface area contributed by atoms with E-state index in [1.165, 1.54) is 26.8 Å². The summed E-state index contributed by atoms with van der Waals surface area (Å²) in [6.07, 6.45) is -7.72. The number of pyridine rings is 1. The summed E-state index contributed by atoms with van der Waals surface area (Å²) in [5.74, 6) is -2.70. The van der Waals surface area contributed by atoms with Gasteiger partial charge in [-0.25, -0.2) is 4.79 Å². The number of aryl methyl sites for hydroxylation is 1. The molecule has 2 atom stereocenters. The van der Waals surface area contributed by atoms with Crippen molar-refractivity contribution < 1.29 is 32.6 Å². The predicted octanol–water partition coefficient (Wildman–Crippen LogP) is 2.16. The molecule has 0 spiro atoms. The van der Waals surface area contributed by atoms with E-state index in [4.69, 9.17) is 10.5 Å². The van der Waals surface area contributed by atoms with Crippen LogP contribution in [0.3, 0.4) is 0 Å². The number of halogens is 3. The molecule has 0 bridgehead atoms. The van der Waals surface area contributed by atoms with Crippen molar-refractivity contribution in [3.05, 3.63) is 63.6 Å². The van der Waals surface area contributed by atoms with E-state index in [1.54, 1.807) is 30.3 Å². The topological polar surface area (TPSA) is 124 Å². The highest BCUT2D eigenvalue weighted by atomic mass is 19.4. The number of aliphatic hydroxyl groups is 1. The molecule has 0 aliphatic heterocycles. The molecular formula is C22H26F3N3O5. The molecule has 180 valence electrons. The minimum Gasteiger partial charge on any atom is -0.457 e. The van der Waals surface area contributed by atoms with E-state index in [9.17, 15) is 32.7 Å². The lowest BCUT2D eigenvalue weighted by atomic mass is 9.98. The van der Waals surface area contributed by atoms with E-state index in [1.807, 2.05) is 0 Å². The number of alkyl halides is 3. The second-order valence-corrected chi connectivity index (χ2v) is 7.89. The number of benzene rings is 1. The van der Waals surface area contributed by atoms with Crippen LogP contribution in [0, 0.1) is 12.8 Å². The van der Waals surface area contributed by atoms with Gasteiger partial charge in [0.2, 0.25) is 5.91 Å². The van der Waals surface area contributed by atoms with Crippen LogP contribution in [0.15, 0.2) is 41.2 Å². The number of ether oxygens (including phenoxy) is 1. The monoisotopic (exact) mass is 469 g/mol. The van der Waals surface area contributed by atoms with Gasteiger partial charge in [-0.3, -0.25) is 9.59 Å². The molecule has 1 aromatic carbocycles. The number of hydrogen-bond donors (Lipinski definition) is 3. The van der Waals surface area contributed by atoms with Gasteiger partial charge in [0.15, 0.2) is 6.10 Å². The number of anilines is 1. The number of carbonyl (C=O) groups excluding carboxylic acids is 2. The minimum absolute atomic E-state index is 0.113. The van der Waals surface area contributed by atoms with Crippen molar-refractivity contribution in [3.63, 3.8) is 0 Å². The van der Waals surface area contributed by atoms with Crippen LogP contribution in [0.5, 0.6) is 0 Å². The van der Waals surface area contributed by atoms with Gasteiger partial charge < -0.3 is 25.5 Å². The van der Waals surface area contributed by atoms with Gasteiger partial charge in [-0.2, -0.15) is 13.2 Å². The number of nitrogen functional groups attached to an aromatic ring is 1. The van der Waals surface area contributed by atoms with Crippen LogP contribution in [-0.4, -0.2) is 39.9 Å². The molecule has 0 aliphatic rings. The first-order valence-corrected chi connectivity index (χ1v) is 10.1. The average molecular weight is 469 g/mol. The Kier molecular flexibility index (Phi) is 8.26.